The summed E-state index contributed by atoms with van der Waals surface area (Å²) in [5, 5.41) is 3.41. The molecule has 27 heavy (non-hydrogen) atoms. The van der Waals surface area contributed by atoms with Crippen LogP contribution in [0.2, 0.25) is 0 Å². The molecule has 2 aromatic carbocycles. The Kier molecular flexibility index (Phi) is 4.22. The highest BCUT2D eigenvalue weighted by molar-refractivity contribution is 5.99. The van der Waals surface area contributed by atoms with Crippen molar-refractivity contribution < 1.29 is 13.9 Å². The summed E-state index contributed by atoms with van der Waals surface area (Å²) in [7, 11) is 0. The number of amides is 1. The van der Waals surface area contributed by atoms with E-state index in [-0.39, 0.29) is 17.1 Å². The maximum absolute atomic E-state index is 13.3. The minimum atomic E-state index is -0.543. The lowest BCUT2D eigenvalue weighted by Gasteiger charge is -2.14. The Morgan fingerprint density at radius 3 is 2.74 bits per heavy atom. The number of aryl methyl sites for hydroxylation is 2. The number of rotatable bonds is 4. The van der Waals surface area contributed by atoms with Crippen LogP contribution in [-0.2, 0) is 0 Å². The Labute approximate surface area is 157 Å². The first-order valence-corrected chi connectivity index (χ1v) is 9.11. The predicted octanol–water partition coefficient (Wildman–Crippen LogP) is 4.03. The van der Waals surface area contributed by atoms with Crippen molar-refractivity contribution in [2.24, 2.45) is 0 Å². The summed E-state index contributed by atoms with van der Waals surface area (Å²) in [6, 6.07) is 10.7. The van der Waals surface area contributed by atoms with Crippen LogP contribution in [0, 0.1) is 13.8 Å². The van der Waals surface area contributed by atoms with Gasteiger partial charge >= 0.3 is 0 Å². The van der Waals surface area contributed by atoms with Gasteiger partial charge in [-0.1, -0.05) is 25.1 Å². The van der Waals surface area contributed by atoms with E-state index in [0.29, 0.717) is 28.9 Å². The quantitative estimate of drug-likeness (QED) is 0.760. The van der Waals surface area contributed by atoms with Crippen molar-refractivity contribution in [1.29, 1.82) is 0 Å². The smallest absolute Gasteiger partial charge is 0.288 e. The average molecular weight is 363 g/mol. The van der Waals surface area contributed by atoms with Gasteiger partial charge in [0.05, 0.1) is 23.6 Å². The van der Waals surface area contributed by atoms with E-state index in [2.05, 4.69) is 5.32 Å². The Bertz CT molecular complexity index is 1110. The van der Waals surface area contributed by atoms with Crippen LogP contribution in [0.25, 0.3) is 11.0 Å². The van der Waals surface area contributed by atoms with Crippen LogP contribution in [0.4, 0.5) is 0 Å². The normalized spacial score (nSPS) is 15.7. The molecule has 1 N–H and O–H groups in total. The van der Waals surface area contributed by atoms with E-state index in [0.717, 1.165) is 23.1 Å². The van der Waals surface area contributed by atoms with Crippen LogP contribution in [0.15, 0.2) is 45.6 Å². The van der Waals surface area contributed by atoms with Gasteiger partial charge in [-0.2, -0.15) is 0 Å². The van der Waals surface area contributed by atoms with Gasteiger partial charge in [0.1, 0.15) is 11.3 Å². The fourth-order valence-corrected chi connectivity index (χ4v) is 3.66. The predicted molar refractivity (Wildman–Crippen MR) is 103 cm³/mol. The van der Waals surface area contributed by atoms with Crippen molar-refractivity contribution in [3.05, 3.63) is 74.6 Å². The second kappa shape index (κ2) is 6.58. The molecule has 3 aromatic rings. The third kappa shape index (κ3) is 2.89. The molecule has 0 fully saturated rings. The number of carbonyl (C=O) groups excluding carboxylic acids is 1. The molecule has 2 heterocycles. The fraction of sp³-hybridized carbons (Fsp3) is 0.273. The van der Waals surface area contributed by atoms with E-state index >= 15 is 0 Å². The summed E-state index contributed by atoms with van der Waals surface area (Å²) >= 11 is 0. The summed E-state index contributed by atoms with van der Waals surface area (Å²) in [5.74, 6) is 0.449. The van der Waals surface area contributed by atoms with Crippen LogP contribution in [0.3, 0.4) is 0 Å². The van der Waals surface area contributed by atoms with Crippen LogP contribution < -0.4 is 15.5 Å². The van der Waals surface area contributed by atoms with Gasteiger partial charge in [-0.05, 0) is 55.2 Å². The van der Waals surface area contributed by atoms with Crippen molar-refractivity contribution in [3.8, 4) is 5.75 Å². The molecule has 1 atom stereocenters. The van der Waals surface area contributed by atoms with Crippen molar-refractivity contribution >= 4 is 16.9 Å². The molecule has 0 radical (unpaired) electrons. The lowest BCUT2D eigenvalue weighted by atomic mass is 9.97. The Balaban J connectivity index is 1.88. The highest BCUT2D eigenvalue weighted by atomic mass is 16.5. The molecule has 1 aliphatic heterocycles. The molecule has 0 aliphatic carbocycles. The molecule has 0 saturated carbocycles. The minimum absolute atomic E-state index is 0.0994. The van der Waals surface area contributed by atoms with Crippen molar-refractivity contribution in [1.82, 2.24) is 5.32 Å². The number of ether oxygens (including phenoxy) is 1. The SMILES string of the molecule is CCCOc1cccc(C2NC(=O)c3oc4cc(C)cc(C)c4c(=O)c32)c1. The molecule has 1 amide bonds. The molecule has 1 aliphatic rings. The van der Waals surface area contributed by atoms with Gasteiger partial charge in [0.25, 0.3) is 5.91 Å². The van der Waals surface area contributed by atoms with Gasteiger partial charge in [0, 0.05) is 0 Å². The maximum atomic E-state index is 13.3. The third-order valence-corrected chi connectivity index (χ3v) is 4.81. The Hall–Kier alpha value is -3.08. The largest absolute Gasteiger partial charge is 0.494 e. The van der Waals surface area contributed by atoms with Gasteiger partial charge in [-0.15, -0.1) is 0 Å². The molecular formula is C22H21NO4. The molecule has 5 nitrogen and oxygen atoms in total. The second-order valence-electron chi connectivity index (χ2n) is 6.96. The van der Waals surface area contributed by atoms with Crippen LogP contribution in [-0.4, -0.2) is 12.5 Å². The van der Waals surface area contributed by atoms with Gasteiger partial charge < -0.3 is 14.5 Å². The number of hydrogen-bond donors (Lipinski definition) is 1. The van der Waals surface area contributed by atoms with E-state index in [9.17, 15) is 9.59 Å². The van der Waals surface area contributed by atoms with E-state index in [1.54, 1.807) is 6.07 Å². The highest BCUT2D eigenvalue weighted by Crippen LogP contribution is 2.33. The summed E-state index contributed by atoms with van der Waals surface area (Å²) in [6.07, 6.45) is 0.904. The molecule has 0 spiro atoms. The zero-order valence-corrected chi connectivity index (χ0v) is 15.6. The number of carbonyl (C=O) groups is 1. The molecule has 1 aromatic heterocycles. The first kappa shape index (κ1) is 17.3. The summed E-state index contributed by atoms with van der Waals surface area (Å²) in [5.41, 5.74) is 3.29. The van der Waals surface area contributed by atoms with Gasteiger partial charge in [-0.25, -0.2) is 0 Å². The zero-order chi connectivity index (χ0) is 19.1. The lowest BCUT2D eigenvalue weighted by molar-refractivity contribution is 0.0938. The van der Waals surface area contributed by atoms with Crippen molar-refractivity contribution in [2.45, 2.75) is 33.2 Å². The van der Waals surface area contributed by atoms with Crippen molar-refractivity contribution in [3.63, 3.8) is 0 Å². The molecule has 5 heteroatoms. The number of benzene rings is 2. The average Bonchev–Trinajstić information content (AvgIpc) is 2.97. The highest BCUT2D eigenvalue weighted by Gasteiger charge is 2.36. The van der Waals surface area contributed by atoms with E-state index in [1.807, 2.05) is 51.1 Å². The molecule has 4 rings (SSSR count). The van der Waals surface area contributed by atoms with Gasteiger partial charge in [0.15, 0.2) is 5.43 Å². The van der Waals surface area contributed by atoms with Crippen molar-refractivity contribution in [2.75, 3.05) is 6.61 Å². The van der Waals surface area contributed by atoms with Crippen LogP contribution in [0.1, 0.15) is 52.2 Å². The standard InChI is InChI=1S/C22H21NO4/c1-4-8-26-15-7-5-6-14(11-15)19-18-20(24)17-13(3)9-12(2)10-16(17)27-21(18)22(25)23-19/h5-7,9-11,19H,4,8H2,1-3H3,(H,23,25). The van der Waals surface area contributed by atoms with Gasteiger partial charge in [-0.3, -0.25) is 9.59 Å². The Morgan fingerprint density at radius 1 is 1.15 bits per heavy atom. The minimum Gasteiger partial charge on any atom is -0.494 e. The fourth-order valence-electron chi connectivity index (χ4n) is 3.66. The maximum Gasteiger partial charge on any atom is 0.288 e. The molecule has 1 unspecified atom stereocenters. The first-order valence-electron chi connectivity index (χ1n) is 9.11. The summed E-state index contributed by atoms with van der Waals surface area (Å²) in [4.78, 5) is 25.8. The van der Waals surface area contributed by atoms with E-state index in [1.165, 1.54) is 0 Å². The lowest BCUT2D eigenvalue weighted by Crippen LogP contribution is -2.22. The summed E-state index contributed by atoms with van der Waals surface area (Å²) < 4.78 is 11.6. The number of nitrogens with one attached hydrogen (secondary N) is 1. The molecular weight excluding hydrogens is 342 g/mol. The summed E-state index contributed by atoms with van der Waals surface area (Å²) in [6.45, 7) is 6.47. The van der Waals surface area contributed by atoms with Gasteiger partial charge in [0.2, 0.25) is 5.76 Å². The molecule has 0 saturated heterocycles. The molecule has 0 bridgehead atoms. The topological polar surface area (TPSA) is 68.5 Å². The second-order valence-corrected chi connectivity index (χ2v) is 6.96. The van der Waals surface area contributed by atoms with E-state index < -0.39 is 6.04 Å². The number of hydrogen-bond acceptors (Lipinski definition) is 4. The third-order valence-electron chi connectivity index (χ3n) is 4.81. The van der Waals surface area contributed by atoms with Crippen LogP contribution >= 0.6 is 0 Å². The van der Waals surface area contributed by atoms with E-state index in [4.69, 9.17) is 9.15 Å². The zero-order valence-electron chi connectivity index (χ0n) is 15.6. The number of fused-ring (bicyclic) bond motifs is 2. The monoisotopic (exact) mass is 363 g/mol. The Morgan fingerprint density at radius 2 is 1.96 bits per heavy atom. The van der Waals surface area contributed by atoms with Crippen LogP contribution in [0.5, 0.6) is 5.75 Å². The first-order chi connectivity index (χ1) is 13.0. The molecule has 138 valence electrons.